The minimum absolute atomic E-state index is 0.0853. The lowest BCUT2D eigenvalue weighted by atomic mass is 9.90. The molecular formula is C62H61N3O. The van der Waals surface area contributed by atoms with Crippen molar-refractivity contribution in [3.05, 3.63) is 191 Å². The fraction of sp³-hybridized carbons (Fsp3) is 0.226. The molecular weight excluding hydrogens is 803 g/mol. The van der Waals surface area contributed by atoms with E-state index in [1.54, 1.807) is 0 Å². The van der Waals surface area contributed by atoms with Crippen molar-refractivity contribution in [3.63, 3.8) is 0 Å². The largest absolute Gasteiger partial charge is 0.507 e. The lowest BCUT2D eigenvalue weighted by molar-refractivity contribution is 0.466. The van der Waals surface area contributed by atoms with E-state index in [2.05, 4.69) is 186 Å². The molecule has 0 bridgehead atoms. The number of phenolic OH excluding ortho intramolecular Hbond substituents is 1. The molecule has 9 rings (SSSR count). The summed E-state index contributed by atoms with van der Waals surface area (Å²) in [5.41, 5.74) is 19.6. The Morgan fingerprint density at radius 3 is 1.80 bits per heavy atom. The maximum atomic E-state index is 12.3. The van der Waals surface area contributed by atoms with E-state index in [1.807, 2.05) is 46.0 Å². The molecule has 0 atom stereocenters. The van der Waals surface area contributed by atoms with Gasteiger partial charge in [-0.25, -0.2) is 4.98 Å². The number of para-hydroxylation sites is 1. The number of nitrogens with zero attached hydrogens (tertiary/aromatic N) is 3. The van der Waals surface area contributed by atoms with E-state index in [1.165, 1.54) is 5.56 Å². The molecule has 2 aromatic heterocycles. The molecule has 66 heavy (non-hydrogen) atoms. The summed E-state index contributed by atoms with van der Waals surface area (Å²) in [7, 11) is 0. The van der Waals surface area contributed by atoms with Gasteiger partial charge in [0, 0.05) is 20.1 Å². The minimum Gasteiger partial charge on any atom is -0.507 e. The molecule has 4 heteroatoms. The normalized spacial score (nSPS) is 12.5. The molecule has 0 aliphatic heterocycles. The average Bonchev–Trinajstić information content (AvgIpc) is 3.70. The Balaban J connectivity index is 1.29. The molecule has 0 aliphatic carbocycles. The second-order valence-corrected chi connectivity index (χ2v) is 19.0. The summed E-state index contributed by atoms with van der Waals surface area (Å²) in [6.07, 6.45) is 1.90. The lowest BCUT2D eigenvalue weighted by Crippen LogP contribution is -2.03. The summed E-state index contributed by atoms with van der Waals surface area (Å²) in [4.78, 5) is 10.6. The van der Waals surface area contributed by atoms with Crippen LogP contribution in [0.4, 0.5) is 0 Å². The van der Waals surface area contributed by atoms with Crippen LogP contribution >= 0.6 is 0 Å². The van der Waals surface area contributed by atoms with Gasteiger partial charge in [-0.3, -0.25) is 9.55 Å². The Bertz CT molecular complexity index is 3300. The van der Waals surface area contributed by atoms with E-state index in [9.17, 15) is 5.11 Å². The van der Waals surface area contributed by atoms with E-state index in [-0.39, 0.29) is 17.6 Å². The predicted molar refractivity (Wildman–Crippen MR) is 279 cm³/mol. The molecule has 9 aromatic rings. The maximum absolute atomic E-state index is 12.3. The molecule has 0 amide bonds. The third kappa shape index (κ3) is 8.61. The highest BCUT2D eigenvalue weighted by Gasteiger charge is 2.25. The molecule has 0 aliphatic rings. The average molecular weight is 866 g/mol. The van der Waals surface area contributed by atoms with Gasteiger partial charge in [0.25, 0.3) is 0 Å². The Labute approximate surface area is 394 Å². The first-order chi connectivity index (χ1) is 32.3. The third-order valence-corrected chi connectivity index (χ3v) is 13.0. The van der Waals surface area contributed by atoms with Crippen LogP contribution in [0, 0.1) is 13.8 Å². The summed E-state index contributed by atoms with van der Waals surface area (Å²) < 4.78 is 20.1. The standard InChI is InChI=1S/C62H61N3O/c1-37(2)47-28-48(38(3)4)30-51(29-47)45-23-24-58(42(10)27-45)65-59-18-14-17-54(60(59)64-62(65)56-35-49(39(5)6)34-55(40(7)8)61(56)66)52-31-50(43-15-12-11-13-16-43)32-53(33-52)57-36-46(25-26-63-57)44-21-19-41(9)20-22-44/h11-40,66H,1-10H3/i37D,38D. The molecule has 0 spiro atoms. The molecule has 2 heterocycles. The zero-order valence-electron chi connectivity index (χ0n) is 42.0. The van der Waals surface area contributed by atoms with Crippen LogP contribution in [0.5, 0.6) is 5.75 Å². The predicted octanol–water partition coefficient (Wildman–Crippen LogP) is 17.2. The van der Waals surface area contributed by atoms with Gasteiger partial charge in [-0.15, -0.1) is 0 Å². The molecule has 7 aromatic carbocycles. The van der Waals surface area contributed by atoms with Crippen LogP contribution in [0.15, 0.2) is 158 Å². The van der Waals surface area contributed by atoms with Gasteiger partial charge in [0.15, 0.2) is 0 Å². The van der Waals surface area contributed by atoms with Crippen LogP contribution in [0.1, 0.15) is 115 Å². The molecule has 0 radical (unpaired) electrons. The first-order valence-corrected chi connectivity index (χ1v) is 23.2. The third-order valence-electron chi connectivity index (χ3n) is 13.0. The number of hydrogen-bond donors (Lipinski definition) is 1. The number of aromatic nitrogens is 3. The van der Waals surface area contributed by atoms with Crippen molar-refractivity contribution in [2.75, 3.05) is 0 Å². The zero-order chi connectivity index (χ0) is 48.2. The van der Waals surface area contributed by atoms with Crippen molar-refractivity contribution in [1.82, 2.24) is 14.5 Å². The Morgan fingerprint density at radius 1 is 0.500 bits per heavy atom. The second kappa shape index (κ2) is 18.1. The van der Waals surface area contributed by atoms with Crippen LogP contribution in [0.3, 0.4) is 0 Å². The van der Waals surface area contributed by atoms with Gasteiger partial charge >= 0.3 is 0 Å². The van der Waals surface area contributed by atoms with Crippen LogP contribution in [0.25, 0.3) is 83.9 Å². The number of aromatic hydroxyl groups is 1. The number of benzene rings is 7. The summed E-state index contributed by atoms with van der Waals surface area (Å²) in [5.74, 6) is -0.460. The number of fused-ring (bicyclic) bond motifs is 1. The van der Waals surface area contributed by atoms with E-state index in [0.717, 1.165) is 100 Å². The monoisotopic (exact) mass is 865 g/mol. The van der Waals surface area contributed by atoms with Gasteiger partial charge in [-0.2, -0.15) is 0 Å². The van der Waals surface area contributed by atoms with Gasteiger partial charge in [-0.1, -0.05) is 158 Å². The molecule has 330 valence electrons. The fourth-order valence-electron chi connectivity index (χ4n) is 9.08. The van der Waals surface area contributed by atoms with Gasteiger partial charge in [0.2, 0.25) is 0 Å². The highest BCUT2D eigenvalue weighted by atomic mass is 16.3. The first-order valence-electron chi connectivity index (χ1n) is 24.2. The number of pyridine rings is 1. The number of aryl methyl sites for hydroxylation is 2. The van der Waals surface area contributed by atoms with E-state index in [0.29, 0.717) is 11.4 Å². The second-order valence-electron chi connectivity index (χ2n) is 19.0. The van der Waals surface area contributed by atoms with Crippen molar-refractivity contribution in [2.24, 2.45) is 0 Å². The van der Waals surface area contributed by atoms with E-state index in [4.69, 9.17) is 12.7 Å². The van der Waals surface area contributed by atoms with Crippen LogP contribution in [-0.4, -0.2) is 19.6 Å². The van der Waals surface area contributed by atoms with E-state index < -0.39 is 11.8 Å². The van der Waals surface area contributed by atoms with Gasteiger partial charge in [0.1, 0.15) is 11.6 Å². The molecule has 0 saturated heterocycles. The number of imidazole rings is 1. The smallest absolute Gasteiger partial charge is 0.149 e. The van der Waals surface area contributed by atoms with Crippen molar-refractivity contribution in [1.29, 1.82) is 0 Å². The minimum atomic E-state index is -0.835. The molecule has 0 saturated carbocycles. The van der Waals surface area contributed by atoms with Crippen molar-refractivity contribution in [2.45, 2.75) is 92.9 Å². The summed E-state index contributed by atoms with van der Waals surface area (Å²) in [6.45, 7) is 20.5. The van der Waals surface area contributed by atoms with Gasteiger partial charge in [0.05, 0.1) is 28.0 Å². The number of hydrogen-bond acceptors (Lipinski definition) is 3. The highest BCUT2D eigenvalue weighted by molar-refractivity contribution is 5.98. The zero-order valence-corrected chi connectivity index (χ0v) is 40.0. The van der Waals surface area contributed by atoms with Crippen LogP contribution in [0.2, 0.25) is 0 Å². The molecule has 1 N–H and O–H groups in total. The summed E-state index contributed by atoms with van der Waals surface area (Å²) in [6, 6.07) is 53.4. The highest BCUT2D eigenvalue weighted by Crippen LogP contribution is 2.44. The number of rotatable bonds is 11. The Kier molecular flexibility index (Phi) is 11.4. The first kappa shape index (κ1) is 41.7. The molecule has 0 fully saturated rings. The lowest BCUT2D eigenvalue weighted by Gasteiger charge is -2.19. The maximum Gasteiger partial charge on any atom is 0.149 e. The molecule has 4 nitrogen and oxygen atoms in total. The van der Waals surface area contributed by atoms with Crippen LogP contribution < -0.4 is 0 Å². The topological polar surface area (TPSA) is 50.9 Å². The fourth-order valence-corrected chi connectivity index (χ4v) is 9.08. The SMILES string of the molecule is [2H]C(C)(C)c1cc(-c2ccc(-n3c(-c4cc(C(C)C)cc(C(C)C)c4O)nc4c(-c5cc(-c6ccccc6)cc(-c6cc(-c7ccc(C)cc7)ccn6)c5)cccc43)c(C)c2)cc(C([2H])(C)C)c1. The van der Waals surface area contributed by atoms with Crippen molar-refractivity contribution >= 4 is 11.0 Å². The molecule has 0 unspecified atom stereocenters. The van der Waals surface area contributed by atoms with Crippen molar-refractivity contribution in [3.8, 4) is 78.6 Å². The van der Waals surface area contributed by atoms with Gasteiger partial charge < -0.3 is 5.11 Å². The van der Waals surface area contributed by atoms with E-state index >= 15 is 0 Å². The quantitative estimate of drug-likeness (QED) is 0.141. The Hall–Kier alpha value is -7.04. The van der Waals surface area contributed by atoms with Crippen LogP contribution in [-0.2, 0) is 0 Å². The number of phenols is 1. The summed E-state index contributed by atoms with van der Waals surface area (Å²) >= 11 is 0. The Morgan fingerprint density at radius 2 is 1.14 bits per heavy atom. The summed E-state index contributed by atoms with van der Waals surface area (Å²) in [5, 5.41) is 12.3. The van der Waals surface area contributed by atoms with Gasteiger partial charge in [-0.05, 0) is 159 Å². The van der Waals surface area contributed by atoms with Crippen molar-refractivity contribution < 1.29 is 7.85 Å².